The van der Waals surface area contributed by atoms with Gasteiger partial charge < -0.3 is 9.88 Å². The zero-order valence-corrected chi connectivity index (χ0v) is 14.7. The second kappa shape index (κ2) is 7.10. The Bertz CT molecular complexity index is 957. The molecule has 7 nitrogen and oxygen atoms in total. The van der Waals surface area contributed by atoms with Crippen LogP contribution in [0.5, 0.6) is 0 Å². The Balaban J connectivity index is 1.39. The molecule has 1 saturated heterocycles. The number of pyridine rings is 1. The Kier molecular flexibility index (Phi) is 4.62. The summed E-state index contributed by atoms with van der Waals surface area (Å²) in [5.41, 5.74) is 0.751. The van der Waals surface area contributed by atoms with Gasteiger partial charge >= 0.3 is 6.18 Å². The lowest BCUT2D eigenvalue weighted by Gasteiger charge is -2.30. The Labute approximate surface area is 158 Å². The summed E-state index contributed by atoms with van der Waals surface area (Å²) in [6, 6.07) is 7.08. The number of rotatable bonds is 3. The zero-order valence-electron chi connectivity index (χ0n) is 14.7. The van der Waals surface area contributed by atoms with Crippen molar-refractivity contribution in [3.8, 4) is 11.4 Å². The maximum absolute atomic E-state index is 12.7. The van der Waals surface area contributed by atoms with Gasteiger partial charge in [-0.25, -0.2) is 4.98 Å². The van der Waals surface area contributed by atoms with Gasteiger partial charge in [-0.05, 0) is 31.0 Å². The molecule has 4 heterocycles. The molecule has 0 atom stereocenters. The highest BCUT2D eigenvalue weighted by molar-refractivity contribution is 5.93. The van der Waals surface area contributed by atoms with E-state index in [9.17, 15) is 18.0 Å². The summed E-state index contributed by atoms with van der Waals surface area (Å²) >= 11 is 0. The minimum absolute atomic E-state index is 0.133. The third-order valence-corrected chi connectivity index (χ3v) is 4.81. The highest BCUT2D eigenvalue weighted by Gasteiger charge is 2.34. The highest BCUT2D eigenvalue weighted by atomic mass is 19.4. The number of amides is 1. The first-order valence-corrected chi connectivity index (χ1v) is 8.80. The van der Waals surface area contributed by atoms with Crippen LogP contribution < -0.4 is 0 Å². The first kappa shape index (κ1) is 18.2. The fraction of sp³-hybridized carbons (Fsp3) is 0.333. The molecule has 0 spiro atoms. The molecule has 0 bridgehead atoms. The number of piperidine rings is 1. The van der Waals surface area contributed by atoms with Crippen molar-refractivity contribution >= 4 is 5.91 Å². The molecule has 3 aromatic rings. The van der Waals surface area contributed by atoms with Crippen molar-refractivity contribution in [2.75, 3.05) is 13.1 Å². The predicted molar refractivity (Wildman–Crippen MR) is 93.3 cm³/mol. The van der Waals surface area contributed by atoms with Gasteiger partial charge in [0.25, 0.3) is 5.91 Å². The van der Waals surface area contributed by atoms with Crippen molar-refractivity contribution in [1.82, 2.24) is 30.0 Å². The van der Waals surface area contributed by atoms with Crippen molar-refractivity contribution < 1.29 is 18.0 Å². The second-order valence-electron chi connectivity index (χ2n) is 6.63. The van der Waals surface area contributed by atoms with E-state index in [0.29, 0.717) is 48.8 Å². The standard InChI is InChI=1S/C18H17F3N6O/c19-18(20,21)15-10-23-16(24-15)11-4-7-27(8-5-11)17(28)14-9-13(25-26-14)12-3-1-2-6-22-12/h1-3,6,9-11H,4-5,7-8H2,(H,23,24)(H,25,26). The van der Waals surface area contributed by atoms with E-state index in [1.807, 2.05) is 6.07 Å². The smallest absolute Gasteiger partial charge is 0.338 e. The van der Waals surface area contributed by atoms with Gasteiger partial charge in [0.2, 0.25) is 0 Å². The summed E-state index contributed by atoms with van der Waals surface area (Å²) in [6.07, 6.45) is -0.894. The number of carbonyl (C=O) groups excluding carboxylic acids is 1. The first-order chi connectivity index (χ1) is 13.4. The number of imidazole rings is 1. The van der Waals surface area contributed by atoms with Gasteiger partial charge in [-0.3, -0.25) is 14.9 Å². The van der Waals surface area contributed by atoms with Crippen molar-refractivity contribution in [3.05, 3.63) is 53.9 Å². The summed E-state index contributed by atoms with van der Waals surface area (Å²) < 4.78 is 38.1. The van der Waals surface area contributed by atoms with Crippen LogP contribution in [0.2, 0.25) is 0 Å². The summed E-state index contributed by atoms with van der Waals surface area (Å²) in [6.45, 7) is 0.868. The third-order valence-electron chi connectivity index (χ3n) is 4.81. The number of aromatic nitrogens is 5. The van der Waals surface area contributed by atoms with Gasteiger partial charge in [0.15, 0.2) is 0 Å². The number of hydrogen-bond donors (Lipinski definition) is 2. The van der Waals surface area contributed by atoms with E-state index in [2.05, 4.69) is 25.1 Å². The fourth-order valence-electron chi connectivity index (χ4n) is 3.29. The Morgan fingerprint density at radius 2 is 1.93 bits per heavy atom. The van der Waals surface area contributed by atoms with Crippen LogP contribution in [0.25, 0.3) is 11.4 Å². The maximum Gasteiger partial charge on any atom is 0.432 e. The molecule has 1 aliphatic heterocycles. The maximum atomic E-state index is 12.7. The van der Waals surface area contributed by atoms with E-state index in [1.165, 1.54) is 0 Å². The van der Waals surface area contributed by atoms with Crippen LogP contribution in [0.1, 0.15) is 40.8 Å². The Morgan fingerprint density at radius 1 is 1.14 bits per heavy atom. The van der Waals surface area contributed by atoms with Gasteiger partial charge in [0.1, 0.15) is 22.9 Å². The van der Waals surface area contributed by atoms with E-state index >= 15 is 0 Å². The quantitative estimate of drug-likeness (QED) is 0.718. The molecule has 146 valence electrons. The lowest BCUT2D eigenvalue weighted by Crippen LogP contribution is -2.38. The van der Waals surface area contributed by atoms with Crippen molar-refractivity contribution in [3.63, 3.8) is 0 Å². The SMILES string of the molecule is O=C(c1cc(-c2ccccn2)n[nH]1)N1CCC(c2ncc(C(F)(F)F)[nH]2)CC1. The number of carbonyl (C=O) groups is 1. The molecular formula is C18H17F3N6O. The number of nitrogens with one attached hydrogen (secondary N) is 2. The highest BCUT2D eigenvalue weighted by Crippen LogP contribution is 2.31. The number of likely N-dealkylation sites (tertiary alicyclic amines) is 1. The summed E-state index contributed by atoms with van der Waals surface area (Å²) in [5.74, 6) is -0.00652. The average molecular weight is 390 g/mol. The van der Waals surface area contributed by atoms with Gasteiger partial charge in [0.05, 0.1) is 11.9 Å². The van der Waals surface area contributed by atoms with Gasteiger partial charge in [0, 0.05) is 25.2 Å². The molecule has 4 rings (SSSR count). The number of aromatic amines is 2. The van der Waals surface area contributed by atoms with Crippen molar-refractivity contribution in [1.29, 1.82) is 0 Å². The first-order valence-electron chi connectivity index (χ1n) is 8.80. The molecule has 0 radical (unpaired) electrons. The number of H-pyrrole nitrogens is 2. The lowest BCUT2D eigenvalue weighted by molar-refractivity contribution is -0.141. The molecule has 2 N–H and O–H groups in total. The van der Waals surface area contributed by atoms with Gasteiger partial charge in [-0.15, -0.1) is 0 Å². The van der Waals surface area contributed by atoms with Crippen LogP contribution >= 0.6 is 0 Å². The largest absolute Gasteiger partial charge is 0.432 e. The van der Waals surface area contributed by atoms with Crippen LogP contribution in [0.15, 0.2) is 36.7 Å². The lowest BCUT2D eigenvalue weighted by atomic mass is 9.96. The monoisotopic (exact) mass is 390 g/mol. The van der Waals surface area contributed by atoms with Gasteiger partial charge in [-0.2, -0.15) is 18.3 Å². The molecule has 1 amide bonds. The van der Waals surface area contributed by atoms with E-state index in [1.54, 1.807) is 29.3 Å². The molecule has 0 aromatic carbocycles. The van der Waals surface area contributed by atoms with E-state index in [0.717, 1.165) is 6.20 Å². The summed E-state index contributed by atoms with van der Waals surface area (Å²) in [5, 5.41) is 6.87. The molecule has 1 fully saturated rings. The molecule has 0 aliphatic carbocycles. The van der Waals surface area contributed by atoms with E-state index < -0.39 is 11.9 Å². The van der Waals surface area contributed by atoms with Crippen molar-refractivity contribution in [2.24, 2.45) is 0 Å². The predicted octanol–water partition coefficient (Wildman–Crippen LogP) is 3.23. The molecule has 0 unspecified atom stereocenters. The molecule has 10 heteroatoms. The molecule has 1 aliphatic rings. The minimum atomic E-state index is -4.44. The normalized spacial score (nSPS) is 15.8. The second-order valence-corrected chi connectivity index (χ2v) is 6.63. The van der Waals surface area contributed by atoms with Crippen LogP contribution in [-0.4, -0.2) is 49.0 Å². The van der Waals surface area contributed by atoms with Crippen LogP contribution in [0.3, 0.4) is 0 Å². The molecule has 28 heavy (non-hydrogen) atoms. The average Bonchev–Trinajstić information content (AvgIpc) is 3.38. The number of alkyl halides is 3. The van der Waals surface area contributed by atoms with E-state index in [4.69, 9.17) is 0 Å². The van der Waals surface area contributed by atoms with Gasteiger partial charge in [-0.1, -0.05) is 6.07 Å². The summed E-state index contributed by atoms with van der Waals surface area (Å²) in [4.78, 5) is 24.8. The Hall–Kier alpha value is -3.17. The summed E-state index contributed by atoms with van der Waals surface area (Å²) in [7, 11) is 0. The number of nitrogens with zero attached hydrogens (tertiary/aromatic N) is 4. The molecule has 3 aromatic heterocycles. The zero-order chi connectivity index (χ0) is 19.7. The van der Waals surface area contributed by atoms with Crippen molar-refractivity contribution in [2.45, 2.75) is 24.9 Å². The van der Waals surface area contributed by atoms with Crippen LogP contribution in [0.4, 0.5) is 13.2 Å². The number of halogens is 3. The fourth-order valence-corrected chi connectivity index (χ4v) is 3.29. The molecular weight excluding hydrogens is 373 g/mol. The molecule has 0 saturated carbocycles. The van der Waals surface area contributed by atoms with Crippen LogP contribution in [-0.2, 0) is 6.18 Å². The minimum Gasteiger partial charge on any atom is -0.338 e. The van der Waals surface area contributed by atoms with Crippen LogP contribution in [0, 0.1) is 0 Å². The topological polar surface area (TPSA) is 90.6 Å². The number of hydrogen-bond acceptors (Lipinski definition) is 4. The van der Waals surface area contributed by atoms with E-state index in [-0.39, 0.29) is 11.8 Å². The Morgan fingerprint density at radius 3 is 2.57 bits per heavy atom. The third kappa shape index (κ3) is 3.62.